The highest BCUT2D eigenvalue weighted by Gasteiger charge is 2.21. The molecule has 2 aromatic carbocycles. The lowest BCUT2D eigenvalue weighted by molar-refractivity contribution is -0.130. The number of nitrogens with zero attached hydrogens (tertiary/aromatic N) is 1. The summed E-state index contributed by atoms with van der Waals surface area (Å²) >= 11 is 0. The molecule has 0 aliphatic rings. The smallest absolute Gasteiger partial charge is 0.253 e. The van der Waals surface area contributed by atoms with Gasteiger partial charge in [0.1, 0.15) is 6.61 Å². The molecule has 120 valence electrons. The highest BCUT2D eigenvalue weighted by molar-refractivity contribution is 5.82. The van der Waals surface area contributed by atoms with Crippen molar-refractivity contribution in [2.45, 2.75) is 12.7 Å². The van der Waals surface area contributed by atoms with Gasteiger partial charge in [-0.15, -0.1) is 0 Å². The first-order valence-electron chi connectivity index (χ1n) is 7.29. The molecule has 0 heterocycles. The summed E-state index contributed by atoms with van der Waals surface area (Å²) in [6.07, 6.45) is 0.979. The van der Waals surface area contributed by atoms with Gasteiger partial charge in [-0.1, -0.05) is 59.8 Å². The maximum atomic E-state index is 11.9. The van der Waals surface area contributed by atoms with Crippen molar-refractivity contribution in [3.63, 3.8) is 0 Å². The number of hydrogen-bond acceptors (Lipinski definition) is 4. The number of hydrogen-bond donors (Lipinski definition) is 1. The van der Waals surface area contributed by atoms with Crippen LogP contribution in [0.4, 0.5) is 0 Å². The summed E-state index contributed by atoms with van der Waals surface area (Å²) in [7, 11) is 3.09. The summed E-state index contributed by atoms with van der Waals surface area (Å²) in [4.78, 5) is 17.3. The summed E-state index contributed by atoms with van der Waals surface area (Å²) in [6, 6.07) is 17.2. The lowest BCUT2D eigenvalue weighted by Crippen LogP contribution is -2.27. The number of methoxy groups -OCH3 is 1. The van der Waals surface area contributed by atoms with Crippen molar-refractivity contribution >= 4 is 12.1 Å². The molecular formula is C18H20N2O3. The van der Waals surface area contributed by atoms with Gasteiger partial charge in [-0.25, -0.2) is 0 Å². The Morgan fingerprint density at radius 1 is 1.17 bits per heavy atom. The first-order chi connectivity index (χ1) is 11.3. The molecule has 0 aromatic heterocycles. The first-order valence-corrected chi connectivity index (χ1v) is 7.29. The average molecular weight is 312 g/mol. The normalized spacial score (nSPS) is 12.1. The molecule has 0 aliphatic heterocycles. The number of carbonyl (C=O) groups excluding carboxylic acids is 1. The van der Waals surface area contributed by atoms with Gasteiger partial charge in [0.25, 0.3) is 5.91 Å². The van der Waals surface area contributed by atoms with Crippen molar-refractivity contribution in [1.82, 2.24) is 5.32 Å². The summed E-state index contributed by atoms with van der Waals surface area (Å²) < 4.78 is 5.30. The van der Waals surface area contributed by atoms with Crippen LogP contribution in [0.1, 0.15) is 22.8 Å². The maximum Gasteiger partial charge on any atom is 0.253 e. The summed E-state index contributed by atoms with van der Waals surface area (Å²) in [5.41, 5.74) is 2.58. The summed E-state index contributed by atoms with van der Waals surface area (Å²) in [5.74, 6) is -0.201. The van der Waals surface area contributed by atoms with Crippen LogP contribution in [0.2, 0.25) is 0 Å². The lowest BCUT2D eigenvalue weighted by atomic mass is 10.0. The Hall–Kier alpha value is -2.66. The van der Waals surface area contributed by atoms with Gasteiger partial charge < -0.3 is 14.9 Å². The number of likely N-dealkylation sites (N-methyl/N-ethyl adjacent to an activating group) is 1. The highest BCUT2D eigenvalue weighted by atomic mass is 16.6. The zero-order chi connectivity index (χ0) is 16.5. The molecule has 23 heavy (non-hydrogen) atoms. The zero-order valence-corrected chi connectivity index (χ0v) is 13.2. The van der Waals surface area contributed by atoms with Crippen LogP contribution in [0.3, 0.4) is 0 Å². The second kappa shape index (κ2) is 8.70. The Kier molecular flexibility index (Phi) is 6.32. The van der Waals surface area contributed by atoms with E-state index in [2.05, 4.69) is 10.5 Å². The number of ether oxygens (including phenoxy) is 1. The maximum absolute atomic E-state index is 11.9. The monoisotopic (exact) mass is 312 g/mol. The van der Waals surface area contributed by atoms with E-state index in [1.807, 2.05) is 54.6 Å². The number of nitrogens with one attached hydrogen (secondary N) is 1. The van der Waals surface area contributed by atoms with Crippen molar-refractivity contribution in [2.24, 2.45) is 5.16 Å². The van der Waals surface area contributed by atoms with Crippen LogP contribution in [-0.2, 0) is 21.0 Å². The Morgan fingerprint density at radius 2 is 1.87 bits per heavy atom. The van der Waals surface area contributed by atoms with Crippen LogP contribution in [0.25, 0.3) is 0 Å². The quantitative estimate of drug-likeness (QED) is 0.631. The van der Waals surface area contributed by atoms with E-state index < -0.39 is 6.10 Å². The van der Waals surface area contributed by atoms with E-state index in [0.717, 1.165) is 16.7 Å². The molecule has 0 bridgehead atoms. The van der Waals surface area contributed by atoms with E-state index in [1.165, 1.54) is 7.11 Å². The fraction of sp³-hybridized carbons (Fsp3) is 0.222. The minimum Gasteiger partial charge on any atom is -0.391 e. The van der Waals surface area contributed by atoms with Crippen molar-refractivity contribution in [2.75, 3.05) is 14.2 Å². The zero-order valence-electron chi connectivity index (χ0n) is 13.2. The third-order valence-corrected chi connectivity index (χ3v) is 3.35. The van der Waals surface area contributed by atoms with Crippen molar-refractivity contribution < 1.29 is 14.4 Å². The minimum atomic E-state index is -0.669. The summed E-state index contributed by atoms with van der Waals surface area (Å²) in [5, 5.41) is 6.56. The molecule has 0 saturated carbocycles. The van der Waals surface area contributed by atoms with Gasteiger partial charge in [-0.2, -0.15) is 0 Å². The molecule has 1 atom stereocenters. The van der Waals surface area contributed by atoms with E-state index >= 15 is 0 Å². The van der Waals surface area contributed by atoms with E-state index in [9.17, 15) is 4.79 Å². The molecule has 1 amide bonds. The van der Waals surface area contributed by atoms with Gasteiger partial charge in [0.15, 0.2) is 6.10 Å². The van der Waals surface area contributed by atoms with E-state index in [0.29, 0.717) is 0 Å². The standard InChI is InChI=1S/C18H20N2O3/c1-19-18(21)17(22-2)16-11-7-6-10-15(16)13-23-20-12-14-8-4-3-5-9-14/h3-12,17H,13H2,1-2H3,(H,19,21). The highest BCUT2D eigenvalue weighted by Crippen LogP contribution is 2.22. The molecule has 2 rings (SSSR count). The lowest BCUT2D eigenvalue weighted by Gasteiger charge is -2.17. The van der Waals surface area contributed by atoms with Gasteiger partial charge >= 0.3 is 0 Å². The molecule has 5 nitrogen and oxygen atoms in total. The Labute approximate surface area is 135 Å². The number of rotatable bonds is 7. The number of oxime groups is 1. The number of benzene rings is 2. The predicted octanol–water partition coefficient (Wildman–Crippen LogP) is 2.67. The fourth-order valence-corrected chi connectivity index (χ4v) is 2.17. The molecule has 0 saturated heterocycles. The van der Waals surface area contributed by atoms with E-state index in [1.54, 1.807) is 13.3 Å². The van der Waals surface area contributed by atoms with E-state index in [4.69, 9.17) is 9.57 Å². The van der Waals surface area contributed by atoms with Gasteiger partial charge in [0.2, 0.25) is 0 Å². The van der Waals surface area contributed by atoms with Crippen molar-refractivity contribution in [1.29, 1.82) is 0 Å². The molecule has 2 aromatic rings. The van der Waals surface area contributed by atoms with Gasteiger partial charge in [-0.3, -0.25) is 4.79 Å². The molecule has 1 unspecified atom stereocenters. The summed E-state index contributed by atoms with van der Waals surface area (Å²) in [6.45, 7) is 0.260. The molecule has 5 heteroatoms. The Balaban J connectivity index is 2.05. The van der Waals surface area contributed by atoms with Crippen molar-refractivity contribution in [3.8, 4) is 0 Å². The van der Waals surface area contributed by atoms with Crippen LogP contribution in [-0.4, -0.2) is 26.3 Å². The Morgan fingerprint density at radius 3 is 2.57 bits per heavy atom. The number of amides is 1. The van der Waals surface area contributed by atoms with Gasteiger partial charge in [0, 0.05) is 14.2 Å². The van der Waals surface area contributed by atoms with Crippen molar-refractivity contribution in [3.05, 3.63) is 71.3 Å². The molecule has 0 spiro atoms. The Bertz CT molecular complexity index is 656. The first kappa shape index (κ1) is 16.7. The second-order valence-corrected chi connectivity index (χ2v) is 4.85. The molecule has 1 N–H and O–H groups in total. The minimum absolute atomic E-state index is 0.201. The molecular weight excluding hydrogens is 292 g/mol. The fourth-order valence-electron chi connectivity index (χ4n) is 2.17. The van der Waals surface area contributed by atoms with Crippen LogP contribution < -0.4 is 5.32 Å². The molecule has 0 fully saturated rings. The second-order valence-electron chi connectivity index (χ2n) is 4.85. The average Bonchev–Trinajstić information content (AvgIpc) is 2.61. The van der Waals surface area contributed by atoms with Crippen LogP contribution in [0.5, 0.6) is 0 Å². The molecule has 0 aliphatic carbocycles. The van der Waals surface area contributed by atoms with Crippen LogP contribution >= 0.6 is 0 Å². The molecule has 0 radical (unpaired) electrons. The largest absolute Gasteiger partial charge is 0.391 e. The third kappa shape index (κ3) is 4.66. The predicted molar refractivity (Wildman–Crippen MR) is 89.1 cm³/mol. The van der Waals surface area contributed by atoms with E-state index in [-0.39, 0.29) is 12.5 Å². The van der Waals surface area contributed by atoms with Crippen LogP contribution in [0, 0.1) is 0 Å². The third-order valence-electron chi connectivity index (χ3n) is 3.35. The number of carbonyl (C=O) groups is 1. The van der Waals surface area contributed by atoms with Gasteiger partial charge in [-0.05, 0) is 16.7 Å². The topological polar surface area (TPSA) is 59.9 Å². The van der Waals surface area contributed by atoms with Crippen LogP contribution in [0.15, 0.2) is 59.8 Å². The SMILES string of the molecule is CNC(=O)C(OC)c1ccccc1CON=Cc1ccccc1. The van der Waals surface area contributed by atoms with Gasteiger partial charge in [0.05, 0.1) is 6.21 Å².